The Hall–Kier alpha value is -4.92. The molecule has 13 atom stereocenters. The van der Waals surface area contributed by atoms with Crippen molar-refractivity contribution in [3.63, 3.8) is 0 Å². The molecule has 78 heavy (non-hydrogen) atoms. The maximum Gasteiger partial charge on any atom is 0.303 e. The zero-order chi connectivity index (χ0) is 56.7. The summed E-state index contributed by atoms with van der Waals surface area (Å²) in [5.74, 6) is 3.35. The molecule has 0 radical (unpaired) electrons. The van der Waals surface area contributed by atoms with Gasteiger partial charge in [-0.25, -0.2) is 0 Å². The summed E-state index contributed by atoms with van der Waals surface area (Å²) >= 11 is 0. The van der Waals surface area contributed by atoms with Crippen LogP contribution in [0.5, 0.6) is 5.75 Å². The van der Waals surface area contributed by atoms with E-state index >= 15 is 0 Å². The van der Waals surface area contributed by atoms with E-state index in [1.54, 1.807) is 24.3 Å². The number of carboxylic acids is 2. The third kappa shape index (κ3) is 16.6. The molecule has 14 heteroatoms. The lowest BCUT2D eigenvalue weighted by Crippen LogP contribution is -2.67. The number of aliphatic hydroxyl groups is 7. The maximum atomic E-state index is 14.3. The highest BCUT2D eigenvalue weighted by Crippen LogP contribution is 2.46. The van der Waals surface area contributed by atoms with Crippen molar-refractivity contribution >= 4 is 11.9 Å². The second-order valence-electron chi connectivity index (χ2n) is 23.5. The van der Waals surface area contributed by atoms with Crippen LogP contribution in [0, 0.1) is 29.6 Å². The molecule has 0 spiro atoms. The summed E-state index contributed by atoms with van der Waals surface area (Å²) in [5, 5.41) is 123. The van der Waals surface area contributed by atoms with Crippen LogP contribution in [0.3, 0.4) is 0 Å². The molecule has 1 fully saturated rings. The van der Waals surface area contributed by atoms with Crippen LogP contribution >= 0.6 is 0 Å². The van der Waals surface area contributed by atoms with Gasteiger partial charge in [0.1, 0.15) is 5.75 Å². The number of carboxylic acid groups (broad SMARTS) is 2. The first kappa shape index (κ1) is 62.3. The number of aliphatic carboxylic acids is 2. The molecule has 13 unspecified atom stereocenters. The van der Waals surface area contributed by atoms with Crippen LogP contribution < -0.4 is 10.6 Å². The number of hydrogen-bond acceptors (Lipinski definition) is 12. The molecule has 6 bridgehead atoms. The molecule has 428 valence electrons. The van der Waals surface area contributed by atoms with Crippen LogP contribution in [0.1, 0.15) is 164 Å². The highest BCUT2D eigenvalue weighted by atomic mass is 16.4. The fourth-order valence-electron chi connectivity index (χ4n) is 12.7. The smallest absolute Gasteiger partial charge is 0.303 e. The summed E-state index contributed by atoms with van der Waals surface area (Å²) in [6.45, 7) is 9.44. The third-order valence-electron chi connectivity index (χ3n) is 17.3. The quantitative estimate of drug-likeness (QED) is 0.0492. The van der Waals surface area contributed by atoms with Gasteiger partial charge in [-0.15, -0.1) is 0 Å². The minimum absolute atomic E-state index is 0.0297. The summed E-state index contributed by atoms with van der Waals surface area (Å²) in [7, 11) is 0. The molecule has 14 nitrogen and oxygen atoms in total. The Morgan fingerprint density at radius 2 is 1.64 bits per heavy atom. The fraction of sp³-hybridized carbons (Fsp3) is 0.594. The standard InChI is InChI=1S/C64H90N2O12/c1-6-7-14-56(70)57(71)30-23-45-20-19-44-12-9-8-11-43(44)13-10-33-64(63(5,78)54(28-15-40(2)3)46-21-25-49(68)26-22-46)38-42-17-18-48(47(34-42)24-32-60(74)75)35-59(73)51-27-16-41(4)65-62(53(51)37-61(76)77)58(72)31-29-55(66-64)52(45)36-50(69)39-67/h8-9,11-12,17-18,21-23,25-26,30,34,40-41,50-51,53-59,62,65-73,78H,6-7,14-16,19-20,24,27-29,31-33,35-39H2,1-5H3,(H,74,75)(H,76,77). The fourth-order valence-corrected chi connectivity index (χ4v) is 12.7. The zero-order valence-corrected chi connectivity index (χ0v) is 46.7. The minimum atomic E-state index is -1.75. The Bertz CT molecular complexity index is 2550. The van der Waals surface area contributed by atoms with Crippen LogP contribution in [0.4, 0.5) is 0 Å². The maximum absolute atomic E-state index is 14.3. The second kappa shape index (κ2) is 29.0. The Kier molecular flexibility index (Phi) is 23.1. The van der Waals surface area contributed by atoms with E-state index in [0.29, 0.717) is 73.6 Å². The number of hydrogen-bond donors (Lipinski definition) is 12. The van der Waals surface area contributed by atoms with Crippen LogP contribution in [-0.2, 0) is 35.3 Å². The van der Waals surface area contributed by atoms with Gasteiger partial charge in [0, 0.05) is 42.4 Å². The number of carbonyl (C=O) groups is 2. The molecule has 3 aromatic rings. The number of fused-ring (bicyclic) bond motifs is 6. The van der Waals surface area contributed by atoms with E-state index in [1.807, 2.05) is 75.4 Å². The molecule has 4 aliphatic heterocycles. The van der Waals surface area contributed by atoms with Gasteiger partial charge in [-0.2, -0.15) is 0 Å². The molecule has 12 N–H and O–H groups in total. The molecule has 4 aliphatic rings. The third-order valence-corrected chi connectivity index (χ3v) is 17.3. The number of aliphatic hydroxyl groups excluding tert-OH is 6. The van der Waals surface area contributed by atoms with Crippen molar-refractivity contribution in [3.05, 3.63) is 123 Å². The molecule has 1 saturated heterocycles. The van der Waals surface area contributed by atoms with Gasteiger partial charge in [0.05, 0.1) is 54.7 Å². The van der Waals surface area contributed by atoms with Crippen LogP contribution in [0.15, 0.2) is 90.0 Å². The first-order chi connectivity index (χ1) is 37.1. The molecule has 4 heterocycles. The minimum Gasteiger partial charge on any atom is -0.508 e. The molecule has 0 amide bonds. The van der Waals surface area contributed by atoms with Crippen LogP contribution in [0.2, 0.25) is 0 Å². The van der Waals surface area contributed by atoms with Crippen molar-refractivity contribution in [2.24, 2.45) is 17.8 Å². The van der Waals surface area contributed by atoms with Gasteiger partial charge >= 0.3 is 11.9 Å². The van der Waals surface area contributed by atoms with E-state index in [9.17, 15) is 60.7 Å². The SMILES string of the molecule is CCCCC(O)C(O)C=CC1=C(CC(O)CO)C2CCC(O)C3NC(C)CCC(C(O)Cc4ccc(cc4CCC(=O)O)CC(C(C)(O)C(CCC(C)C)c4ccc(O)cc4)(CC#Cc4ccccc4CC1)N2)C3CC(=O)O. The lowest BCUT2D eigenvalue weighted by Gasteiger charge is -2.52. The van der Waals surface area contributed by atoms with Gasteiger partial charge in [-0.1, -0.05) is 113 Å². The Labute approximate surface area is 462 Å². The summed E-state index contributed by atoms with van der Waals surface area (Å²) in [6, 6.07) is 18.7. The first-order valence-electron chi connectivity index (χ1n) is 28.7. The van der Waals surface area contributed by atoms with E-state index < -0.39 is 90.0 Å². The monoisotopic (exact) mass is 1080 g/mol. The predicted octanol–water partition coefficient (Wildman–Crippen LogP) is 7.42. The number of phenolic OH excluding ortho intramolecular Hbond substituents is 1. The van der Waals surface area contributed by atoms with Gasteiger partial charge in [0.2, 0.25) is 0 Å². The van der Waals surface area contributed by atoms with Gasteiger partial charge in [-0.05, 0) is 166 Å². The topological polar surface area (TPSA) is 260 Å². The van der Waals surface area contributed by atoms with Crippen molar-refractivity contribution in [1.82, 2.24) is 10.6 Å². The van der Waals surface area contributed by atoms with E-state index in [0.717, 1.165) is 28.7 Å². The largest absolute Gasteiger partial charge is 0.508 e. The van der Waals surface area contributed by atoms with E-state index in [-0.39, 0.29) is 75.5 Å². The van der Waals surface area contributed by atoms with Gasteiger partial charge in [0.15, 0.2) is 0 Å². The number of allylic oxidation sites excluding steroid dienone is 2. The number of aryl methyl sites for hydroxylation is 2. The lowest BCUT2D eigenvalue weighted by molar-refractivity contribution is -0.140. The summed E-state index contributed by atoms with van der Waals surface area (Å²) in [4.78, 5) is 25.2. The van der Waals surface area contributed by atoms with E-state index in [2.05, 4.69) is 36.3 Å². The molecule has 3 aromatic carbocycles. The van der Waals surface area contributed by atoms with Gasteiger partial charge in [-0.3, -0.25) is 9.59 Å². The second-order valence-corrected chi connectivity index (χ2v) is 23.5. The van der Waals surface area contributed by atoms with Gasteiger partial charge < -0.3 is 61.7 Å². The van der Waals surface area contributed by atoms with E-state index in [4.69, 9.17) is 0 Å². The predicted molar refractivity (Wildman–Crippen MR) is 303 cm³/mol. The zero-order valence-electron chi connectivity index (χ0n) is 46.7. The normalized spacial score (nSPS) is 26.8. The highest BCUT2D eigenvalue weighted by molar-refractivity contribution is 5.67. The van der Waals surface area contributed by atoms with Crippen LogP contribution in [0.25, 0.3) is 0 Å². The Morgan fingerprint density at radius 3 is 2.33 bits per heavy atom. The first-order valence-corrected chi connectivity index (χ1v) is 28.7. The number of rotatable bonds is 20. The number of nitrogens with one attached hydrogen (secondary N) is 2. The highest BCUT2D eigenvalue weighted by Gasteiger charge is 2.53. The van der Waals surface area contributed by atoms with E-state index in [1.165, 1.54) is 0 Å². The number of aromatic hydroxyl groups is 1. The summed E-state index contributed by atoms with van der Waals surface area (Å²) in [5.41, 5.74) is 2.69. The molecule has 0 aliphatic carbocycles. The molecular formula is C64H90N2O12. The average molecular weight is 1080 g/mol. The average Bonchev–Trinajstić information content (AvgIpc) is 3.65. The number of benzene rings is 3. The summed E-state index contributed by atoms with van der Waals surface area (Å²) in [6.07, 6.45) is 2.51. The van der Waals surface area contributed by atoms with Crippen molar-refractivity contribution in [1.29, 1.82) is 0 Å². The number of phenols is 1. The summed E-state index contributed by atoms with van der Waals surface area (Å²) < 4.78 is 0. The Balaban J connectivity index is 1.75. The number of unbranched alkanes of at least 4 members (excludes halogenated alkanes) is 1. The van der Waals surface area contributed by atoms with Gasteiger partial charge in [0.25, 0.3) is 0 Å². The van der Waals surface area contributed by atoms with Crippen molar-refractivity contribution in [3.8, 4) is 17.6 Å². The molecular weight excluding hydrogens is 989 g/mol. The van der Waals surface area contributed by atoms with Crippen molar-refractivity contribution in [2.45, 2.75) is 216 Å². The van der Waals surface area contributed by atoms with Crippen molar-refractivity contribution < 1.29 is 60.7 Å². The molecule has 0 saturated carbocycles. The van der Waals surface area contributed by atoms with Crippen LogP contribution in [-0.4, -0.2) is 129 Å². The molecule has 0 aromatic heterocycles. The Morgan fingerprint density at radius 1 is 0.897 bits per heavy atom. The van der Waals surface area contributed by atoms with Crippen molar-refractivity contribution in [2.75, 3.05) is 6.61 Å². The lowest BCUT2D eigenvalue weighted by atomic mass is 9.63. The molecule has 7 rings (SSSR count).